The van der Waals surface area contributed by atoms with E-state index in [4.69, 9.17) is 4.74 Å². The number of rotatable bonds is 6. The fraction of sp³-hybridized carbons (Fsp3) is 0.579. The van der Waals surface area contributed by atoms with Crippen molar-refractivity contribution < 1.29 is 14.3 Å². The summed E-state index contributed by atoms with van der Waals surface area (Å²) in [5.74, 6) is -0.210. The van der Waals surface area contributed by atoms with Crippen LogP contribution in [0.1, 0.15) is 49.3 Å². The molecule has 5 heteroatoms. The molecule has 0 radical (unpaired) electrons. The summed E-state index contributed by atoms with van der Waals surface area (Å²) in [5, 5.41) is 5.68. The summed E-state index contributed by atoms with van der Waals surface area (Å²) in [7, 11) is 0. The van der Waals surface area contributed by atoms with Gasteiger partial charge in [-0.1, -0.05) is 24.3 Å². The molecule has 0 spiro atoms. The van der Waals surface area contributed by atoms with Crippen molar-refractivity contribution in [3.63, 3.8) is 0 Å². The third kappa shape index (κ3) is 4.35. The number of nitrogens with one attached hydrogen (secondary N) is 2. The fourth-order valence-electron chi connectivity index (χ4n) is 3.54. The first-order valence-electron chi connectivity index (χ1n) is 8.98. The molecule has 2 N–H and O–H groups in total. The van der Waals surface area contributed by atoms with Gasteiger partial charge in [0, 0.05) is 32.0 Å². The standard InChI is InChI=1S/C19H26N2O3/c22-18-13-15(9-11-20-18)19(23)21-10-4-12-24-17-8-3-6-14-5-1-2-7-16(14)17/h1-2,5,7,15,17H,3-4,6,8-13H2,(H,20,22)(H,21,23)/t15-,17-/m1/s1. The van der Waals surface area contributed by atoms with Crippen molar-refractivity contribution >= 4 is 11.8 Å². The number of hydrogen-bond acceptors (Lipinski definition) is 3. The number of hydrogen-bond donors (Lipinski definition) is 2. The summed E-state index contributed by atoms with van der Waals surface area (Å²) in [6.07, 6.45) is 5.40. The molecule has 0 unspecified atom stereocenters. The van der Waals surface area contributed by atoms with Gasteiger partial charge in [-0.15, -0.1) is 0 Å². The van der Waals surface area contributed by atoms with Crippen LogP contribution >= 0.6 is 0 Å². The Morgan fingerprint density at radius 3 is 3.04 bits per heavy atom. The van der Waals surface area contributed by atoms with Crippen molar-refractivity contribution in [1.82, 2.24) is 10.6 Å². The number of carbonyl (C=O) groups is 2. The second-order valence-corrected chi connectivity index (χ2v) is 6.63. The summed E-state index contributed by atoms with van der Waals surface area (Å²) in [5.41, 5.74) is 2.72. The van der Waals surface area contributed by atoms with E-state index in [-0.39, 0.29) is 23.8 Å². The molecule has 1 fully saturated rings. The molecule has 3 rings (SSSR count). The number of benzene rings is 1. The van der Waals surface area contributed by atoms with Crippen molar-refractivity contribution in [1.29, 1.82) is 0 Å². The van der Waals surface area contributed by atoms with E-state index in [1.807, 2.05) is 0 Å². The molecule has 1 aliphatic carbocycles. The van der Waals surface area contributed by atoms with Crippen LogP contribution < -0.4 is 10.6 Å². The summed E-state index contributed by atoms with van der Waals surface area (Å²) in [6, 6.07) is 8.50. The number of piperidine rings is 1. The topological polar surface area (TPSA) is 67.4 Å². The van der Waals surface area contributed by atoms with Gasteiger partial charge >= 0.3 is 0 Å². The van der Waals surface area contributed by atoms with Crippen LogP contribution in [0.4, 0.5) is 0 Å². The van der Waals surface area contributed by atoms with Gasteiger partial charge in [0.1, 0.15) is 0 Å². The smallest absolute Gasteiger partial charge is 0.223 e. The number of amides is 2. The Hall–Kier alpha value is -1.88. The van der Waals surface area contributed by atoms with E-state index in [9.17, 15) is 9.59 Å². The number of carbonyl (C=O) groups excluding carboxylic acids is 2. The van der Waals surface area contributed by atoms with E-state index >= 15 is 0 Å². The summed E-state index contributed by atoms with van der Waals surface area (Å²) >= 11 is 0. The van der Waals surface area contributed by atoms with Crippen molar-refractivity contribution in [3.05, 3.63) is 35.4 Å². The molecule has 130 valence electrons. The van der Waals surface area contributed by atoms with Gasteiger partial charge in [-0.25, -0.2) is 0 Å². The van der Waals surface area contributed by atoms with Gasteiger partial charge in [-0.3, -0.25) is 9.59 Å². The van der Waals surface area contributed by atoms with Gasteiger partial charge in [0.15, 0.2) is 0 Å². The third-order valence-corrected chi connectivity index (χ3v) is 4.87. The van der Waals surface area contributed by atoms with E-state index in [1.54, 1.807) is 0 Å². The van der Waals surface area contributed by atoms with Crippen molar-refractivity contribution in [3.8, 4) is 0 Å². The SMILES string of the molecule is O=C1C[C@H](C(=O)NCCCO[C@@H]2CCCc3ccccc32)CCN1. The zero-order valence-electron chi connectivity index (χ0n) is 14.1. The Morgan fingerprint density at radius 2 is 2.17 bits per heavy atom. The molecular formula is C19H26N2O3. The summed E-state index contributed by atoms with van der Waals surface area (Å²) in [4.78, 5) is 23.4. The minimum atomic E-state index is -0.176. The predicted octanol–water partition coefficient (Wildman–Crippen LogP) is 2.11. The molecule has 0 saturated carbocycles. The van der Waals surface area contributed by atoms with Crippen molar-refractivity contribution in [2.24, 2.45) is 5.92 Å². The molecule has 2 amide bonds. The molecule has 5 nitrogen and oxygen atoms in total. The van der Waals surface area contributed by atoms with Crippen LogP contribution in [0, 0.1) is 5.92 Å². The van der Waals surface area contributed by atoms with Crippen LogP contribution in [0.5, 0.6) is 0 Å². The lowest BCUT2D eigenvalue weighted by Gasteiger charge is -2.25. The van der Waals surface area contributed by atoms with Crippen LogP contribution in [0.3, 0.4) is 0 Å². The number of fused-ring (bicyclic) bond motifs is 1. The Bertz CT molecular complexity index is 588. The number of aryl methyl sites for hydroxylation is 1. The highest BCUT2D eigenvalue weighted by atomic mass is 16.5. The molecule has 2 aliphatic rings. The Balaban J connectivity index is 1.36. The molecular weight excluding hydrogens is 304 g/mol. The Kier molecular flexibility index (Phi) is 5.86. The van der Waals surface area contributed by atoms with Crippen molar-refractivity contribution in [2.75, 3.05) is 19.7 Å². The zero-order valence-corrected chi connectivity index (χ0v) is 14.1. The van der Waals surface area contributed by atoms with Gasteiger partial charge in [-0.05, 0) is 43.2 Å². The minimum Gasteiger partial charge on any atom is -0.373 e. The minimum absolute atomic E-state index is 0.00661. The molecule has 1 aromatic rings. The maximum absolute atomic E-state index is 12.0. The average Bonchev–Trinajstić information content (AvgIpc) is 2.61. The maximum Gasteiger partial charge on any atom is 0.223 e. The number of ether oxygens (including phenoxy) is 1. The monoisotopic (exact) mass is 330 g/mol. The molecule has 1 aromatic carbocycles. The van der Waals surface area contributed by atoms with Gasteiger partial charge in [0.05, 0.1) is 6.10 Å². The largest absolute Gasteiger partial charge is 0.373 e. The van der Waals surface area contributed by atoms with Gasteiger partial charge < -0.3 is 15.4 Å². The fourth-order valence-corrected chi connectivity index (χ4v) is 3.54. The lowest BCUT2D eigenvalue weighted by molar-refractivity contribution is -0.132. The van der Waals surface area contributed by atoms with Crippen LogP contribution in [0.25, 0.3) is 0 Å². The molecule has 1 aliphatic heterocycles. The Labute approximate surface area is 143 Å². The van der Waals surface area contributed by atoms with Crippen LogP contribution in [0.15, 0.2) is 24.3 Å². The van der Waals surface area contributed by atoms with Crippen LogP contribution in [-0.4, -0.2) is 31.5 Å². The summed E-state index contributed by atoms with van der Waals surface area (Å²) in [6.45, 7) is 1.84. The normalized spacial score (nSPS) is 23.2. The van der Waals surface area contributed by atoms with E-state index in [0.717, 1.165) is 25.7 Å². The Morgan fingerprint density at radius 1 is 1.29 bits per heavy atom. The molecule has 1 saturated heterocycles. The third-order valence-electron chi connectivity index (χ3n) is 4.87. The van der Waals surface area contributed by atoms with Crippen LogP contribution in [0.2, 0.25) is 0 Å². The average molecular weight is 330 g/mol. The highest BCUT2D eigenvalue weighted by molar-refractivity contribution is 5.86. The second kappa shape index (κ2) is 8.29. The van der Waals surface area contributed by atoms with Gasteiger partial charge in [0.2, 0.25) is 11.8 Å². The first-order chi connectivity index (χ1) is 11.7. The van der Waals surface area contributed by atoms with E-state index in [0.29, 0.717) is 26.1 Å². The highest BCUT2D eigenvalue weighted by Gasteiger charge is 2.25. The molecule has 24 heavy (non-hydrogen) atoms. The van der Waals surface area contributed by atoms with E-state index in [1.165, 1.54) is 17.5 Å². The lowest BCUT2D eigenvalue weighted by Crippen LogP contribution is -2.41. The summed E-state index contributed by atoms with van der Waals surface area (Å²) < 4.78 is 6.04. The van der Waals surface area contributed by atoms with Crippen molar-refractivity contribution in [2.45, 2.75) is 44.6 Å². The first-order valence-corrected chi connectivity index (χ1v) is 8.98. The van der Waals surface area contributed by atoms with Gasteiger partial charge in [-0.2, -0.15) is 0 Å². The highest BCUT2D eigenvalue weighted by Crippen LogP contribution is 2.32. The van der Waals surface area contributed by atoms with Crippen LogP contribution in [-0.2, 0) is 20.7 Å². The second-order valence-electron chi connectivity index (χ2n) is 6.63. The first kappa shape index (κ1) is 17.0. The quantitative estimate of drug-likeness (QED) is 0.785. The zero-order chi connectivity index (χ0) is 16.8. The molecule has 0 aromatic heterocycles. The lowest BCUT2D eigenvalue weighted by atomic mass is 9.89. The maximum atomic E-state index is 12.0. The van der Waals surface area contributed by atoms with Gasteiger partial charge in [0.25, 0.3) is 0 Å². The molecule has 2 atom stereocenters. The van der Waals surface area contributed by atoms with E-state index in [2.05, 4.69) is 34.9 Å². The molecule has 1 heterocycles. The van der Waals surface area contributed by atoms with E-state index < -0.39 is 0 Å². The predicted molar refractivity (Wildman–Crippen MR) is 91.4 cm³/mol. The molecule has 0 bridgehead atoms.